The molecule has 1 atom stereocenters. The van der Waals surface area contributed by atoms with Crippen LogP contribution in [-0.2, 0) is 6.42 Å². The van der Waals surface area contributed by atoms with Crippen LogP contribution in [0.1, 0.15) is 18.1 Å². The first-order valence-electron chi connectivity index (χ1n) is 6.29. The van der Waals surface area contributed by atoms with Gasteiger partial charge in [0, 0.05) is 10.5 Å². The van der Waals surface area contributed by atoms with E-state index in [4.69, 9.17) is 5.26 Å². The molecule has 2 nitrogen and oxygen atoms in total. The van der Waals surface area contributed by atoms with Gasteiger partial charge in [-0.15, -0.1) is 0 Å². The molecule has 0 spiro atoms. The third-order valence-corrected chi connectivity index (χ3v) is 3.51. The minimum Gasteiger partial charge on any atom is -0.381 e. The largest absolute Gasteiger partial charge is 0.381 e. The molecule has 2 aromatic rings. The summed E-state index contributed by atoms with van der Waals surface area (Å²) in [7, 11) is 0. The Bertz CT molecular complexity index is 632. The average Bonchev–Trinajstić information content (AvgIpc) is 2.42. The molecule has 0 saturated carbocycles. The standard InChI is InChI=1S/C16H14BrFN2/c1-11(9-12-5-7-13(17)8-6-12)20-16-4-2-3-15(18)14(16)10-19/h2-8,11,20H,9H2,1H3. The van der Waals surface area contributed by atoms with E-state index in [1.54, 1.807) is 12.1 Å². The molecule has 2 aromatic carbocycles. The van der Waals surface area contributed by atoms with Crippen molar-refractivity contribution in [3.05, 3.63) is 63.9 Å². The molecule has 20 heavy (non-hydrogen) atoms. The van der Waals surface area contributed by atoms with Gasteiger partial charge in [-0.25, -0.2) is 4.39 Å². The highest BCUT2D eigenvalue weighted by molar-refractivity contribution is 9.10. The predicted octanol–water partition coefficient (Wildman–Crippen LogP) is 4.50. The summed E-state index contributed by atoms with van der Waals surface area (Å²) in [5, 5.41) is 12.2. The predicted molar refractivity (Wildman–Crippen MR) is 82.0 cm³/mol. The molecule has 0 bridgehead atoms. The number of hydrogen-bond acceptors (Lipinski definition) is 2. The van der Waals surface area contributed by atoms with Crippen LogP contribution in [0.4, 0.5) is 10.1 Å². The Kier molecular flexibility index (Phi) is 4.75. The molecule has 1 unspecified atom stereocenters. The van der Waals surface area contributed by atoms with Gasteiger partial charge >= 0.3 is 0 Å². The van der Waals surface area contributed by atoms with Gasteiger partial charge in [0.25, 0.3) is 0 Å². The molecule has 1 N–H and O–H groups in total. The van der Waals surface area contributed by atoms with Crippen LogP contribution in [0.2, 0.25) is 0 Å². The first-order chi connectivity index (χ1) is 9.60. The lowest BCUT2D eigenvalue weighted by Gasteiger charge is -2.16. The fraction of sp³-hybridized carbons (Fsp3) is 0.188. The molecule has 0 aromatic heterocycles. The first-order valence-corrected chi connectivity index (χ1v) is 7.09. The zero-order valence-corrected chi connectivity index (χ0v) is 12.6. The number of nitriles is 1. The molecule has 0 aliphatic carbocycles. The fourth-order valence-corrected chi connectivity index (χ4v) is 2.31. The fourth-order valence-electron chi connectivity index (χ4n) is 2.05. The van der Waals surface area contributed by atoms with Crippen LogP contribution in [-0.4, -0.2) is 6.04 Å². The van der Waals surface area contributed by atoms with E-state index in [0.717, 1.165) is 10.9 Å². The van der Waals surface area contributed by atoms with Crippen LogP contribution >= 0.6 is 15.9 Å². The molecule has 0 amide bonds. The molecule has 0 heterocycles. The van der Waals surface area contributed by atoms with E-state index in [-0.39, 0.29) is 11.6 Å². The lowest BCUT2D eigenvalue weighted by Crippen LogP contribution is -2.19. The maximum absolute atomic E-state index is 13.5. The summed E-state index contributed by atoms with van der Waals surface area (Å²) in [6, 6.07) is 14.7. The Hall–Kier alpha value is -1.86. The quantitative estimate of drug-likeness (QED) is 0.894. The minimum absolute atomic E-state index is 0.0650. The van der Waals surface area contributed by atoms with E-state index in [9.17, 15) is 4.39 Å². The second-order valence-electron chi connectivity index (χ2n) is 4.65. The number of anilines is 1. The molecule has 0 radical (unpaired) electrons. The average molecular weight is 333 g/mol. The van der Waals surface area contributed by atoms with Crippen molar-refractivity contribution in [1.82, 2.24) is 0 Å². The lowest BCUT2D eigenvalue weighted by atomic mass is 10.1. The second-order valence-corrected chi connectivity index (χ2v) is 5.57. The Balaban J connectivity index is 2.09. The van der Waals surface area contributed by atoms with Crippen LogP contribution in [0.15, 0.2) is 46.9 Å². The molecule has 4 heteroatoms. The summed E-state index contributed by atoms with van der Waals surface area (Å²) < 4.78 is 14.5. The van der Waals surface area contributed by atoms with Gasteiger partial charge in [0.15, 0.2) is 0 Å². The Labute approximate surface area is 126 Å². The van der Waals surface area contributed by atoms with Crippen LogP contribution < -0.4 is 5.32 Å². The minimum atomic E-state index is -0.492. The molecular formula is C16H14BrFN2. The van der Waals surface area contributed by atoms with Gasteiger partial charge in [-0.3, -0.25) is 0 Å². The van der Waals surface area contributed by atoms with Crippen molar-refractivity contribution >= 4 is 21.6 Å². The lowest BCUT2D eigenvalue weighted by molar-refractivity contribution is 0.624. The molecule has 2 rings (SSSR count). The van der Waals surface area contributed by atoms with E-state index >= 15 is 0 Å². The van der Waals surface area contributed by atoms with Crippen LogP contribution in [0.25, 0.3) is 0 Å². The summed E-state index contributed by atoms with van der Waals surface area (Å²) in [6.45, 7) is 2.01. The Morgan fingerprint density at radius 2 is 1.95 bits per heavy atom. The van der Waals surface area contributed by atoms with Gasteiger partial charge in [0.1, 0.15) is 17.4 Å². The maximum Gasteiger partial charge on any atom is 0.143 e. The smallest absolute Gasteiger partial charge is 0.143 e. The van der Waals surface area contributed by atoms with Gasteiger partial charge in [0.05, 0.1) is 5.69 Å². The number of rotatable bonds is 4. The third-order valence-electron chi connectivity index (χ3n) is 2.98. The summed E-state index contributed by atoms with van der Waals surface area (Å²) in [5.41, 5.74) is 1.79. The number of halogens is 2. The molecule has 0 aliphatic heterocycles. The SMILES string of the molecule is CC(Cc1ccc(Br)cc1)Nc1cccc(F)c1C#N. The second kappa shape index (κ2) is 6.53. The van der Waals surface area contributed by atoms with E-state index < -0.39 is 5.82 Å². The van der Waals surface area contributed by atoms with Crippen molar-refractivity contribution < 1.29 is 4.39 Å². The monoisotopic (exact) mass is 332 g/mol. The summed E-state index contributed by atoms with van der Waals surface area (Å²) in [5.74, 6) is -0.492. The summed E-state index contributed by atoms with van der Waals surface area (Å²) in [6.07, 6.45) is 0.800. The highest BCUT2D eigenvalue weighted by Gasteiger charge is 2.10. The van der Waals surface area contributed by atoms with Crippen molar-refractivity contribution in [2.24, 2.45) is 0 Å². The highest BCUT2D eigenvalue weighted by Crippen LogP contribution is 2.20. The number of benzene rings is 2. The topological polar surface area (TPSA) is 35.8 Å². The van der Waals surface area contributed by atoms with Crippen molar-refractivity contribution in [1.29, 1.82) is 5.26 Å². The normalized spacial score (nSPS) is 11.7. The zero-order chi connectivity index (χ0) is 14.5. The van der Waals surface area contributed by atoms with Gasteiger partial charge < -0.3 is 5.32 Å². The summed E-state index contributed by atoms with van der Waals surface area (Å²) >= 11 is 3.40. The maximum atomic E-state index is 13.5. The number of hydrogen-bond donors (Lipinski definition) is 1. The van der Waals surface area contributed by atoms with E-state index in [0.29, 0.717) is 5.69 Å². The van der Waals surface area contributed by atoms with Crippen molar-refractivity contribution in [2.45, 2.75) is 19.4 Å². The van der Waals surface area contributed by atoms with Crippen LogP contribution in [0.5, 0.6) is 0 Å². The summed E-state index contributed by atoms with van der Waals surface area (Å²) in [4.78, 5) is 0. The molecule has 0 saturated heterocycles. The van der Waals surface area contributed by atoms with Gasteiger partial charge in [0.2, 0.25) is 0 Å². The molecule has 102 valence electrons. The van der Waals surface area contributed by atoms with Crippen LogP contribution in [0.3, 0.4) is 0 Å². The number of nitrogens with one attached hydrogen (secondary N) is 1. The van der Waals surface area contributed by atoms with Gasteiger partial charge in [-0.2, -0.15) is 5.26 Å². The van der Waals surface area contributed by atoms with Crippen molar-refractivity contribution in [3.8, 4) is 6.07 Å². The first kappa shape index (κ1) is 14.5. The molecule has 0 fully saturated rings. The van der Waals surface area contributed by atoms with Crippen LogP contribution in [0, 0.1) is 17.1 Å². The van der Waals surface area contributed by atoms with Gasteiger partial charge in [-0.1, -0.05) is 34.1 Å². The van der Waals surface area contributed by atoms with E-state index in [1.165, 1.54) is 11.6 Å². The highest BCUT2D eigenvalue weighted by atomic mass is 79.9. The zero-order valence-electron chi connectivity index (χ0n) is 11.0. The Morgan fingerprint density at radius 1 is 1.25 bits per heavy atom. The van der Waals surface area contributed by atoms with Crippen molar-refractivity contribution in [3.63, 3.8) is 0 Å². The number of nitrogens with zero attached hydrogens (tertiary/aromatic N) is 1. The molecule has 0 aliphatic rings. The van der Waals surface area contributed by atoms with E-state index in [2.05, 4.69) is 21.2 Å². The van der Waals surface area contributed by atoms with E-state index in [1.807, 2.05) is 37.3 Å². The molecular weight excluding hydrogens is 319 g/mol. The Morgan fingerprint density at radius 3 is 2.60 bits per heavy atom. The third kappa shape index (κ3) is 3.58. The van der Waals surface area contributed by atoms with Crippen molar-refractivity contribution in [2.75, 3.05) is 5.32 Å². The van der Waals surface area contributed by atoms with Gasteiger partial charge in [-0.05, 0) is 43.2 Å².